The Labute approximate surface area is 122 Å². The van der Waals surface area contributed by atoms with Crippen LogP contribution in [-0.2, 0) is 6.42 Å². The van der Waals surface area contributed by atoms with E-state index in [0.717, 1.165) is 10.9 Å². The number of hydrogen-bond donors (Lipinski definition) is 1. The summed E-state index contributed by atoms with van der Waals surface area (Å²) in [7, 11) is 0. The Kier molecular flexibility index (Phi) is 3.91. The number of ether oxygens (including phenoxy) is 1. The Balaban J connectivity index is 2.45. The molecule has 0 amide bonds. The zero-order valence-electron chi connectivity index (χ0n) is 12.1. The highest BCUT2D eigenvalue weighted by atomic mass is 16.5. The second kappa shape index (κ2) is 5.64. The van der Waals surface area contributed by atoms with E-state index in [1.165, 1.54) is 6.33 Å². The average molecular weight is 281 g/mol. The quantitative estimate of drug-likeness (QED) is 0.872. The number of nitriles is 2. The van der Waals surface area contributed by atoms with Gasteiger partial charge in [0.15, 0.2) is 0 Å². The first-order chi connectivity index (χ1) is 9.94. The zero-order valence-corrected chi connectivity index (χ0v) is 12.1. The van der Waals surface area contributed by atoms with Gasteiger partial charge < -0.3 is 9.72 Å². The predicted octanol–water partition coefficient (Wildman–Crippen LogP) is 2.65. The molecular weight excluding hydrogens is 266 g/mol. The summed E-state index contributed by atoms with van der Waals surface area (Å²) >= 11 is 0. The monoisotopic (exact) mass is 281 g/mol. The van der Waals surface area contributed by atoms with E-state index in [4.69, 9.17) is 15.3 Å². The Hall–Kier alpha value is -2.86. The molecule has 0 atom stereocenters. The van der Waals surface area contributed by atoms with E-state index in [1.807, 2.05) is 32.9 Å². The topological polar surface area (TPSA) is 98.4 Å². The Morgan fingerprint density at radius 2 is 2.05 bits per heavy atom. The van der Waals surface area contributed by atoms with Gasteiger partial charge in [-0.3, -0.25) is 0 Å². The molecular formula is C15H15N5O. The number of H-pyrrole nitrogens is 1. The normalized spacial score (nSPS) is 10.7. The third kappa shape index (κ3) is 3.37. The molecule has 106 valence electrons. The van der Waals surface area contributed by atoms with Crippen molar-refractivity contribution in [2.24, 2.45) is 0 Å². The van der Waals surface area contributed by atoms with Crippen molar-refractivity contribution in [3.63, 3.8) is 0 Å². The summed E-state index contributed by atoms with van der Waals surface area (Å²) in [6.07, 6.45) is 5.24. The maximum absolute atomic E-state index is 8.78. The molecule has 2 rings (SSSR count). The molecule has 6 nitrogen and oxygen atoms in total. The largest absolute Gasteiger partial charge is 0.471 e. The van der Waals surface area contributed by atoms with Crippen molar-refractivity contribution in [1.82, 2.24) is 15.0 Å². The Bertz CT molecular complexity index is 752. The lowest BCUT2D eigenvalue weighted by atomic mass is 10.1. The van der Waals surface area contributed by atoms with Crippen molar-refractivity contribution in [3.05, 3.63) is 29.7 Å². The summed E-state index contributed by atoms with van der Waals surface area (Å²) in [5, 5.41) is 18.3. The highest BCUT2D eigenvalue weighted by Gasteiger charge is 2.18. The summed E-state index contributed by atoms with van der Waals surface area (Å²) in [4.78, 5) is 11.4. The lowest BCUT2D eigenvalue weighted by Crippen LogP contribution is -2.23. The van der Waals surface area contributed by atoms with Crippen molar-refractivity contribution < 1.29 is 4.74 Å². The summed E-state index contributed by atoms with van der Waals surface area (Å²) < 4.78 is 5.85. The molecule has 0 fully saturated rings. The zero-order chi connectivity index (χ0) is 15.5. The van der Waals surface area contributed by atoms with E-state index in [2.05, 4.69) is 15.0 Å². The first-order valence-electron chi connectivity index (χ1n) is 6.45. The molecule has 0 aliphatic rings. The average Bonchev–Trinajstić information content (AvgIpc) is 2.83. The molecule has 0 saturated carbocycles. The molecule has 0 aliphatic carbocycles. The van der Waals surface area contributed by atoms with Gasteiger partial charge in [0.2, 0.25) is 5.88 Å². The standard InChI is InChI=1S/C15H15N5O/c1-15(2,3)21-14-12-11(5-4-10(6-16)7-17)8-18-13(12)19-9-20-14/h4,8-9H,5H2,1-3H3,(H,18,19,20). The van der Waals surface area contributed by atoms with Crippen LogP contribution in [0.25, 0.3) is 11.0 Å². The third-order valence-corrected chi connectivity index (χ3v) is 2.69. The number of aromatic amines is 1. The Morgan fingerprint density at radius 3 is 2.67 bits per heavy atom. The minimum absolute atomic E-state index is 0.0829. The lowest BCUT2D eigenvalue weighted by Gasteiger charge is -2.20. The number of aromatic nitrogens is 3. The number of nitrogens with zero attached hydrogens (tertiary/aromatic N) is 4. The van der Waals surface area contributed by atoms with Crippen molar-refractivity contribution in [1.29, 1.82) is 10.5 Å². The van der Waals surface area contributed by atoms with Gasteiger partial charge in [0.25, 0.3) is 0 Å². The minimum Gasteiger partial charge on any atom is -0.471 e. The summed E-state index contributed by atoms with van der Waals surface area (Å²) in [6.45, 7) is 5.82. The number of nitrogens with one attached hydrogen (secondary N) is 1. The van der Waals surface area contributed by atoms with Gasteiger partial charge in [-0.15, -0.1) is 0 Å². The maximum Gasteiger partial charge on any atom is 0.226 e. The molecule has 2 aromatic heterocycles. The molecule has 21 heavy (non-hydrogen) atoms. The van der Waals surface area contributed by atoms with Gasteiger partial charge >= 0.3 is 0 Å². The number of fused-ring (bicyclic) bond motifs is 1. The molecule has 2 heterocycles. The number of allylic oxidation sites excluding steroid dienone is 2. The van der Waals surface area contributed by atoms with Crippen LogP contribution in [0.15, 0.2) is 24.2 Å². The van der Waals surface area contributed by atoms with Crippen LogP contribution >= 0.6 is 0 Å². The van der Waals surface area contributed by atoms with Crippen molar-refractivity contribution in [3.8, 4) is 18.0 Å². The van der Waals surface area contributed by atoms with E-state index in [0.29, 0.717) is 17.9 Å². The molecule has 1 N–H and O–H groups in total. The van der Waals surface area contributed by atoms with Crippen LogP contribution in [0.5, 0.6) is 5.88 Å². The van der Waals surface area contributed by atoms with Crippen molar-refractivity contribution in [2.45, 2.75) is 32.8 Å². The number of hydrogen-bond acceptors (Lipinski definition) is 5. The van der Waals surface area contributed by atoms with Gasteiger partial charge in [0.1, 0.15) is 35.3 Å². The van der Waals surface area contributed by atoms with Gasteiger partial charge in [-0.1, -0.05) is 6.08 Å². The SMILES string of the molecule is CC(C)(C)Oc1ncnc2[nH]cc(CC=C(C#N)C#N)c12. The summed E-state index contributed by atoms with van der Waals surface area (Å²) in [5.41, 5.74) is 1.26. The molecule has 0 saturated heterocycles. The molecule has 0 spiro atoms. The molecule has 0 aliphatic heterocycles. The summed E-state index contributed by atoms with van der Waals surface area (Å²) in [5.74, 6) is 0.493. The van der Waals surface area contributed by atoms with Crippen LogP contribution in [0, 0.1) is 22.7 Å². The lowest BCUT2D eigenvalue weighted by molar-refractivity contribution is 0.126. The maximum atomic E-state index is 8.78. The molecule has 0 radical (unpaired) electrons. The Morgan fingerprint density at radius 1 is 1.33 bits per heavy atom. The fraction of sp³-hybridized carbons (Fsp3) is 0.333. The molecule has 0 unspecified atom stereocenters. The highest BCUT2D eigenvalue weighted by molar-refractivity contribution is 5.85. The molecule has 6 heteroatoms. The van der Waals surface area contributed by atoms with Crippen LogP contribution in [0.4, 0.5) is 0 Å². The van der Waals surface area contributed by atoms with E-state index in [-0.39, 0.29) is 11.2 Å². The van der Waals surface area contributed by atoms with Crippen LogP contribution in [-0.4, -0.2) is 20.6 Å². The smallest absolute Gasteiger partial charge is 0.226 e. The second-order valence-electron chi connectivity index (χ2n) is 5.48. The second-order valence-corrected chi connectivity index (χ2v) is 5.48. The predicted molar refractivity (Wildman–Crippen MR) is 77.3 cm³/mol. The minimum atomic E-state index is -0.379. The fourth-order valence-corrected chi connectivity index (χ4v) is 1.85. The van der Waals surface area contributed by atoms with Gasteiger partial charge in [-0.2, -0.15) is 10.5 Å². The van der Waals surface area contributed by atoms with Gasteiger partial charge in [-0.05, 0) is 32.8 Å². The first-order valence-corrected chi connectivity index (χ1v) is 6.45. The highest BCUT2D eigenvalue weighted by Crippen LogP contribution is 2.28. The number of rotatable bonds is 3. The van der Waals surface area contributed by atoms with Crippen LogP contribution in [0.2, 0.25) is 0 Å². The van der Waals surface area contributed by atoms with Crippen LogP contribution in [0.3, 0.4) is 0 Å². The van der Waals surface area contributed by atoms with Crippen molar-refractivity contribution in [2.75, 3.05) is 0 Å². The van der Waals surface area contributed by atoms with Crippen LogP contribution in [0.1, 0.15) is 26.3 Å². The van der Waals surface area contributed by atoms with E-state index in [9.17, 15) is 0 Å². The van der Waals surface area contributed by atoms with Gasteiger partial charge in [0, 0.05) is 6.20 Å². The first kappa shape index (κ1) is 14.5. The van der Waals surface area contributed by atoms with E-state index < -0.39 is 0 Å². The van der Waals surface area contributed by atoms with Crippen LogP contribution < -0.4 is 4.74 Å². The summed E-state index contributed by atoms with van der Waals surface area (Å²) in [6, 6.07) is 3.68. The van der Waals surface area contributed by atoms with Gasteiger partial charge in [-0.25, -0.2) is 9.97 Å². The molecule has 0 aromatic carbocycles. The van der Waals surface area contributed by atoms with Gasteiger partial charge in [0.05, 0.1) is 5.39 Å². The molecule has 2 aromatic rings. The third-order valence-electron chi connectivity index (χ3n) is 2.69. The van der Waals surface area contributed by atoms with Crippen molar-refractivity contribution >= 4 is 11.0 Å². The molecule has 0 bridgehead atoms. The van der Waals surface area contributed by atoms with E-state index in [1.54, 1.807) is 12.3 Å². The fourth-order valence-electron chi connectivity index (χ4n) is 1.85. The van der Waals surface area contributed by atoms with E-state index >= 15 is 0 Å².